The Balaban J connectivity index is 1.56. The van der Waals surface area contributed by atoms with E-state index in [1.54, 1.807) is 11.7 Å². The Kier molecular flexibility index (Phi) is 6.11. The summed E-state index contributed by atoms with van der Waals surface area (Å²) in [5.41, 5.74) is 3.49. The number of benzene rings is 1. The maximum Gasteiger partial charge on any atom is 0.262 e. The van der Waals surface area contributed by atoms with Crippen LogP contribution in [0, 0.1) is 13.8 Å². The molecule has 0 unspecified atom stereocenters. The third-order valence-corrected chi connectivity index (χ3v) is 6.58. The number of carbonyl (C=O) groups is 1. The molecule has 6 nitrogen and oxygen atoms in total. The lowest BCUT2D eigenvalue weighted by molar-refractivity contribution is 0.102. The summed E-state index contributed by atoms with van der Waals surface area (Å²) in [6.45, 7) is 5.55. The number of carbonyl (C=O) groups excluding carboxylic acids is 1. The molecule has 0 N–H and O–H groups in total. The van der Waals surface area contributed by atoms with E-state index in [0.29, 0.717) is 22.7 Å². The van der Waals surface area contributed by atoms with Gasteiger partial charge in [0.05, 0.1) is 16.7 Å². The number of aromatic nitrogens is 3. The van der Waals surface area contributed by atoms with Crippen molar-refractivity contribution in [2.75, 3.05) is 19.5 Å². The molecule has 158 valence electrons. The lowest BCUT2D eigenvalue weighted by atomic mass is 10.2. The minimum Gasteiger partial charge on any atom is -0.385 e. The van der Waals surface area contributed by atoms with Gasteiger partial charge in [0.15, 0.2) is 10.9 Å². The molecule has 1 aliphatic rings. The van der Waals surface area contributed by atoms with Gasteiger partial charge in [-0.15, -0.1) is 0 Å². The minimum atomic E-state index is -0.00521. The van der Waals surface area contributed by atoms with Crippen molar-refractivity contribution < 1.29 is 9.53 Å². The van der Waals surface area contributed by atoms with Crippen molar-refractivity contribution in [3.8, 4) is 0 Å². The fourth-order valence-electron chi connectivity index (χ4n) is 3.88. The second-order valence-electron chi connectivity index (χ2n) is 7.81. The third kappa shape index (κ3) is 4.09. The summed E-state index contributed by atoms with van der Waals surface area (Å²) < 4.78 is 9.10. The van der Waals surface area contributed by atoms with E-state index in [2.05, 4.69) is 4.57 Å². The van der Waals surface area contributed by atoms with E-state index in [4.69, 9.17) is 9.72 Å². The average molecular weight is 426 g/mol. The zero-order valence-electron chi connectivity index (χ0n) is 17.7. The SMILES string of the molecule is COCCCn1c(C)cc(C(=O)CSc2nc3ccccc3c(=O)n2C2CC2)c1C. The summed E-state index contributed by atoms with van der Waals surface area (Å²) in [5.74, 6) is 0.329. The molecule has 0 radical (unpaired) electrons. The van der Waals surface area contributed by atoms with Crippen LogP contribution in [-0.2, 0) is 11.3 Å². The number of Topliss-reactive ketones (excluding diaryl/α,β-unsaturated/α-hetero) is 1. The lowest BCUT2D eigenvalue weighted by Gasteiger charge is -2.12. The number of para-hydroxylation sites is 1. The number of rotatable bonds is 9. The Bertz CT molecular complexity index is 1140. The summed E-state index contributed by atoms with van der Waals surface area (Å²) in [7, 11) is 1.70. The number of hydrogen-bond acceptors (Lipinski definition) is 5. The first kappa shape index (κ1) is 20.9. The van der Waals surface area contributed by atoms with Crippen molar-refractivity contribution in [1.82, 2.24) is 14.1 Å². The van der Waals surface area contributed by atoms with Crippen molar-refractivity contribution in [2.45, 2.75) is 50.9 Å². The van der Waals surface area contributed by atoms with E-state index in [0.717, 1.165) is 42.8 Å². The quantitative estimate of drug-likeness (QED) is 0.223. The highest BCUT2D eigenvalue weighted by Crippen LogP contribution is 2.37. The van der Waals surface area contributed by atoms with E-state index < -0.39 is 0 Å². The molecule has 2 aromatic heterocycles. The third-order valence-electron chi connectivity index (χ3n) is 5.62. The zero-order chi connectivity index (χ0) is 21.3. The van der Waals surface area contributed by atoms with Gasteiger partial charge in [0.2, 0.25) is 0 Å². The van der Waals surface area contributed by atoms with Crippen LogP contribution in [0.1, 0.15) is 47.1 Å². The number of methoxy groups -OCH3 is 1. The van der Waals surface area contributed by atoms with Crippen molar-refractivity contribution in [1.29, 1.82) is 0 Å². The Morgan fingerprint density at radius 1 is 1.27 bits per heavy atom. The van der Waals surface area contributed by atoms with Gasteiger partial charge in [-0.1, -0.05) is 23.9 Å². The minimum absolute atomic E-state index is 0.00521. The van der Waals surface area contributed by atoms with Crippen LogP contribution in [0.5, 0.6) is 0 Å². The van der Waals surface area contributed by atoms with Gasteiger partial charge in [0.25, 0.3) is 5.56 Å². The summed E-state index contributed by atoms with van der Waals surface area (Å²) in [5, 5.41) is 1.28. The molecule has 0 spiro atoms. The predicted octanol–water partition coefficient (Wildman–Crippen LogP) is 4.16. The second kappa shape index (κ2) is 8.78. The van der Waals surface area contributed by atoms with Crippen LogP contribution in [-0.4, -0.2) is 39.4 Å². The Morgan fingerprint density at radius 3 is 2.77 bits per heavy atom. The summed E-state index contributed by atoms with van der Waals surface area (Å²) in [6, 6.07) is 9.59. The molecule has 0 amide bonds. The van der Waals surface area contributed by atoms with Gasteiger partial charge in [-0.2, -0.15) is 0 Å². The van der Waals surface area contributed by atoms with Gasteiger partial charge in [-0.3, -0.25) is 14.2 Å². The smallest absolute Gasteiger partial charge is 0.262 e. The van der Waals surface area contributed by atoms with Crippen LogP contribution in [0.15, 0.2) is 40.3 Å². The summed E-state index contributed by atoms with van der Waals surface area (Å²) in [6.07, 6.45) is 2.89. The van der Waals surface area contributed by atoms with Gasteiger partial charge >= 0.3 is 0 Å². The van der Waals surface area contributed by atoms with E-state index in [9.17, 15) is 9.59 Å². The van der Waals surface area contributed by atoms with Gasteiger partial charge < -0.3 is 9.30 Å². The molecule has 0 atom stereocenters. The lowest BCUT2D eigenvalue weighted by Crippen LogP contribution is -2.22. The van der Waals surface area contributed by atoms with Gasteiger partial charge in [0, 0.05) is 43.3 Å². The van der Waals surface area contributed by atoms with Crippen LogP contribution in [0.3, 0.4) is 0 Å². The van der Waals surface area contributed by atoms with Gasteiger partial charge in [-0.05, 0) is 51.3 Å². The first-order chi connectivity index (χ1) is 14.5. The number of ether oxygens (including phenoxy) is 1. The number of hydrogen-bond donors (Lipinski definition) is 0. The number of fused-ring (bicyclic) bond motifs is 1. The molecule has 0 saturated heterocycles. The summed E-state index contributed by atoms with van der Waals surface area (Å²) in [4.78, 5) is 30.7. The second-order valence-corrected chi connectivity index (χ2v) is 8.76. The Hall–Kier alpha value is -2.38. The van der Waals surface area contributed by atoms with Crippen molar-refractivity contribution in [3.05, 3.63) is 57.6 Å². The molecule has 30 heavy (non-hydrogen) atoms. The van der Waals surface area contributed by atoms with Crippen LogP contribution in [0.25, 0.3) is 10.9 Å². The van der Waals surface area contributed by atoms with Crippen LogP contribution < -0.4 is 5.56 Å². The molecule has 7 heteroatoms. The molecular weight excluding hydrogens is 398 g/mol. The van der Waals surface area contributed by atoms with E-state index in [1.165, 1.54) is 11.8 Å². The molecular formula is C23H27N3O3S. The predicted molar refractivity (Wildman–Crippen MR) is 120 cm³/mol. The Labute approximate surface area is 180 Å². The van der Waals surface area contributed by atoms with E-state index in [1.807, 2.05) is 44.2 Å². The maximum atomic E-state index is 13.0. The first-order valence-electron chi connectivity index (χ1n) is 10.3. The van der Waals surface area contributed by atoms with Crippen LogP contribution >= 0.6 is 11.8 Å². The highest BCUT2D eigenvalue weighted by atomic mass is 32.2. The fraction of sp³-hybridized carbons (Fsp3) is 0.435. The van der Waals surface area contributed by atoms with E-state index in [-0.39, 0.29) is 23.1 Å². The van der Waals surface area contributed by atoms with Crippen molar-refractivity contribution in [2.24, 2.45) is 0 Å². The normalized spacial score (nSPS) is 13.8. The number of ketones is 1. The standard InChI is InChI=1S/C23H27N3O3S/c1-15-13-19(16(2)25(15)11-6-12-29-3)21(27)14-30-23-24-20-8-5-4-7-18(20)22(28)26(23)17-9-10-17/h4-5,7-8,13,17H,6,9-12,14H2,1-3H3. The molecule has 3 aromatic rings. The number of nitrogens with zero attached hydrogens (tertiary/aromatic N) is 3. The Morgan fingerprint density at radius 2 is 2.03 bits per heavy atom. The number of thioether (sulfide) groups is 1. The molecule has 1 saturated carbocycles. The van der Waals surface area contributed by atoms with Crippen LogP contribution in [0.2, 0.25) is 0 Å². The molecule has 1 fully saturated rings. The first-order valence-corrected chi connectivity index (χ1v) is 11.3. The number of aryl methyl sites for hydroxylation is 1. The van der Waals surface area contributed by atoms with Gasteiger partial charge in [0.1, 0.15) is 0 Å². The van der Waals surface area contributed by atoms with Crippen molar-refractivity contribution in [3.63, 3.8) is 0 Å². The molecule has 1 aromatic carbocycles. The molecule has 2 heterocycles. The highest BCUT2D eigenvalue weighted by Gasteiger charge is 2.29. The monoisotopic (exact) mass is 425 g/mol. The zero-order valence-corrected chi connectivity index (χ0v) is 18.5. The maximum absolute atomic E-state index is 13.0. The fourth-order valence-corrected chi connectivity index (χ4v) is 4.83. The average Bonchev–Trinajstić information content (AvgIpc) is 3.53. The highest BCUT2D eigenvalue weighted by molar-refractivity contribution is 7.99. The van der Waals surface area contributed by atoms with E-state index >= 15 is 0 Å². The molecule has 4 rings (SSSR count). The summed E-state index contributed by atoms with van der Waals surface area (Å²) >= 11 is 1.37. The topological polar surface area (TPSA) is 66.1 Å². The molecule has 1 aliphatic carbocycles. The largest absolute Gasteiger partial charge is 0.385 e. The molecule has 0 bridgehead atoms. The molecule has 0 aliphatic heterocycles. The van der Waals surface area contributed by atoms with Crippen molar-refractivity contribution >= 4 is 28.4 Å². The van der Waals surface area contributed by atoms with Gasteiger partial charge in [-0.25, -0.2) is 4.98 Å². The van der Waals surface area contributed by atoms with Crippen LogP contribution in [0.4, 0.5) is 0 Å².